The monoisotopic (exact) mass is 380 g/mol. The minimum Gasteiger partial charge on any atom is -0.398 e. The van der Waals surface area contributed by atoms with Crippen molar-refractivity contribution in [3.05, 3.63) is 52.3 Å². The van der Waals surface area contributed by atoms with Gasteiger partial charge in [0, 0.05) is 22.3 Å². The molecule has 0 atom stereocenters. The van der Waals surface area contributed by atoms with E-state index in [0.717, 1.165) is 0 Å². The van der Waals surface area contributed by atoms with Gasteiger partial charge < -0.3 is 5.73 Å². The van der Waals surface area contributed by atoms with Gasteiger partial charge in [-0.05, 0) is 34.1 Å². The van der Waals surface area contributed by atoms with Crippen LogP contribution in [0.3, 0.4) is 0 Å². The molecule has 0 bridgehead atoms. The maximum absolute atomic E-state index is 13.5. The van der Waals surface area contributed by atoms with Crippen LogP contribution in [0.5, 0.6) is 0 Å². The lowest BCUT2D eigenvalue weighted by molar-refractivity contribution is 0.498. The highest BCUT2D eigenvalue weighted by Crippen LogP contribution is 2.27. The van der Waals surface area contributed by atoms with Crippen molar-refractivity contribution >= 4 is 37.3 Å². The molecule has 0 aromatic heterocycles. The largest absolute Gasteiger partial charge is 0.398 e. The number of sulfonamides is 1. The molecule has 2 rings (SSSR count). The van der Waals surface area contributed by atoms with E-state index in [9.17, 15) is 21.6 Å². The lowest BCUT2D eigenvalue weighted by atomic mass is 10.3. The smallest absolute Gasteiger partial charge is 0.267 e. The van der Waals surface area contributed by atoms with E-state index < -0.39 is 32.4 Å². The molecule has 0 saturated heterocycles. The van der Waals surface area contributed by atoms with Gasteiger partial charge in [-0.25, -0.2) is 21.6 Å². The Bertz CT molecular complexity index is 789. The Kier molecular flexibility index (Phi) is 4.15. The number of hydrogen-bond donors (Lipinski definition) is 2. The van der Waals surface area contributed by atoms with Crippen LogP contribution in [-0.2, 0) is 10.0 Å². The molecule has 112 valence electrons. The van der Waals surface area contributed by atoms with Crippen molar-refractivity contribution in [2.75, 3.05) is 10.5 Å². The fourth-order valence-corrected chi connectivity index (χ4v) is 3.13. The average molecular weight is 381 g/mol. The highest BCUT2D eigenvalue weighted by atomic mass is 79.9. The summed E-state index contributed by atoms with van der Waals surface area (Å²) < 4.78 is 66.2. The summed E-state index contributed by atoms with van der Waals surface area (Å²) in [5.74, 6) is -4.25. The number of hydrogen-bond acceptors (Lipinski definition) is 3. The molecule has 0 saturated carbocycles. The summed E-state index contributed by atoms with van der Waals surface area (Å²) in [7, 11) is -4.55. The highest BCUT2D eigenvalue weighted by molar-refractivity contribution is 9.10. The van der Waals surface area contributed by atoms with E-state index in [1.165, 1.54) is 18.2 Å². The van der Waals surface area contributed by atoms with Gasteiger partial charge in [0.25, 0.3) is 10.0 Å². The van der Waals surface area contributed by atoms with Gasteiger partial charge in [-0.1, -0.05) is 0 Å². The first kappa shape index (κ1) is 15.6. The van der Waals surface area contributed by atoms with Crippen molar-refractivity contribution in [2.45, 2.75) is 4.90 Å². The van der Waals surface area contributed by atoms with E-state index in [-0.39, 0.29) is 17.8 Å². The predicted octanol–water partition coefficient (Wildman–Crippen LogP) is 3.25. The van der Waals surface area contributed by atoms with Crippen LogP contribution in [0.15, 0.2) is 39.7 Å². The van der Waals surface area contributed by atoms with Gasteiger partial charge in [-0.15, -0.1) is 0 Å². The molecule has 9 heteroatoms. The first-order valence-corrected chi connectivity index (χ1v) is 7.71. The summed E-state index contributed by atoms with van der Waals surface area (Å²) in [5, 5.41) is 0. The van der Waals surface area contributed by atoms with E-state index >= 15 is 0 Å². The van der Waals surface area contributed by atoms with Crippen molar-refractivity contribution in [3.8, 4) is 0 Å². The van der Waals surface area contributed by atoms with Crippen molar-refractivity contribution in [1.29, 1.82) is 0 Å². The van der Waals surface area contributed by atoms with E-state index in [4.69, 9.17) is 5.73 Å². The molecule has 0 amide bonds. The summed E-state index contributed by atoms with van der Waals surface area (Å²) in [6.45, 7) is 0. The lowest BCUT2D eigenvalue weighted by Gasteiger charge is -2.10. The van der Waals surface area contributed by atoms with Crippen LogP contribution in [0, 0.1) is 17.5 Å². The molecular formula is C12H8BrF3N2O2S. The average Bonchev–Trinajstić information content (AvgIpc) is 2.31. The Balaban J connectivity index is 2.46. The molecule has 21 heavy (non-hydrogen) atoms. The fourth-order valence-electron chi connectivity index (χ4n) is 1.58. The number of rotatable bonds is 3. The molecule has 0 fully saturated rings. The van der Waals surface area contributed by atoms with Gasteiger partial charge in [0.1, 0.15) is 17.5 Å². The van der Waals surface area contributed by atoms with Gasteiger partial charge in [0.05, 0.1) is 5.69 Å². The van der Waals surface area contributed by atoms with Crippen molar-refractivity contribution < 1.29 is 21.6 Å². The molecule has 0 aliphatic carbocycles. The second-order valence-corrected chi connectivity index (χ2v) is 6.51. The zero-order valence-electron chi connectivity index (χ0n) is 10.2. The van der Waals surface area contributed by atoms with Crippen LogP contribution in [0.2, 0.25) is 0 Å². The maximum atomic E-state index is 13.5. The van der Waals surface area contributed by atoms with E-state index in [1.807, 2.05) is 4.72 Å². The molecule has 0 aliphatic rings. The number of nitrogens with one attached hydrogen (secondary N) is 1. The highest BCUT2D eigenvalue weighted by Gasteiger charge is 2.25. The number of nitrogen functional groups attached to an aromatic ring is 1. The first-order chi connectivity index (χ1) is 9.70. The zero-order valence-corrected chi connectivity index (χ0v) is 12.6. The van der Waals surface area contributed by atoms with Gasteiger partial charge in [0.2, 0.25) is 0 Å². The third kappa shape index (κ3) is 3.30. The van der Waals surface area contributed by atoms with Gasteiger partial charge in [-0.3, -0.25) is 4.72 Å². The summed E-state index contributed by atoms with van der Waals surface area (Å²) >= 11 is 3.09. The first-order valence-electron chi connectivity index (χ1n) is 5.43. The fraction of sp³-hybridized carbons (Fsp3) is 0. The Morgan fingerprint density at radius 3 is 2.14 bits per heavy atom. The molecule has 4 nitrogen and oxygen atoms in total. The van der Waals surface area contributed by atoms with Crippen LogP contribution in [0.4, 0.5) is 24.5 Å². The van der Waals surface area contributed by atoms with Crippen LogP contribution < -0.4 is 10.5 Å². The number of halogens is 4. The van der Waals surface area contributed by atoms with Gasteiger partial charge >= 0.3 is 0 Å². The number of nitrogens with two attached hydrogens (primary N) is 1. The number of benzene rings is 2. The van der Waals surface area contributed by atoms with Crippen LogP contribution in [-0.4, -0.2) is 8.42 Å². The molecular weight excluding hydrogens is 373 g/mol. The summed E-state index contributed by atoms with van der Waals surface area (Å²) in [6.07, 6.45) is 0. The summed E-state index contributed by atoms with van der Waals surface area (Å²) in [6, 6.07) is 4.62. The minimum absolute atomic E-state index is 0.0409. The Morgan fingerprint density at radius 2 is 1.62 bits per heavy atom. The lowest BCUT2D eigenvalue weighted by Crippen LogP contribution is -2.16. The molecule has 2 aromatic rings. The van der Waals surface area contributed by atoms with E-state index in [1.54, 1.807) is 0 Å². The van der Waals surface area contributed by atoms with Crippen molar-refractivity contribution in [3.63, 3.8) is 0 Å². The third-order valence-corrected chi connectivity index (χ3v) is 4.60. The summed E-state index contributed by atoms with van der Waals surface area (Å²) in [4.78, 5) is -1.25. The van der Waals surface area contributed by atoms with Crippen molar-refractivity contribution in [1.82, 2.24) is 0 Å². The third-order valence-electron chi connectivity index (χ3n) is 2.48. The molecule has 3 N–H and O–H groups in total. The Labute approximate surface area is 127 Å². The molecule has 0 aliphatic heterocycles. The molecule has 0 radical (unpaired) electrons. The predicted molar refractivity (Wildman–Crippen MR) is 75.7 cm³/mol. The topological polar surface area (TPSA) is 72.2 Å². The van der Waals surface area contributed by atoms with E-state index in [2.05, 4.69) is 15.9 Å². The second kappa shape index (κ2) is 5.57. The quantitative estimate of drug-likeness (QED) is 0.802. The van der Waals surface area contributed by atoms with Gasteiger partial charge in [0.15, 0.2) is 4.90 Å². The number of anilines is 2. The van der Waals surface area contributed by atoms with Crippen LogP contribution in [0.25, 0.3) is 0 Å². The van der Waals surface area contributed by atoms with Crippen molar-refractivity contribution in [2.24, 2.45) is 0 Å². The minimum atomic E-state index is -4.55. The van der Waals surface area contributed by atoms with E-state index in [0.29, 0.717) is 10.2 Å². The summed E-state index contributed by atoms with van der Waals surface area (Å²) in [5.41, 5.74) is 5.94. The standard InChI is InChI=1S/C12H8BrF3N2O2S/c13-8-5-7(1-2-11(8)17)18-21(19,20)12-9(15)3-6(14)4-10(12)16/h1-5,18H,17H2. The second-order valence-electron chi connectivity index (χ2n) is 4.04. The Hall–Kier alpha value is -1.74. The van der Waals surface area contributed by atoms with Crippen LogP contribution >= 0.6 is 15.9 Å². The normalized spacial score (nSPS) is 11.4. The van der Waals surface area contributed by atoms with Gasteiger partial charge in [-0.2, -0.15) is 0 Å². The molecule has 0 heterocycles. The molecule has 0 unspecified atom stereocenters. The van der Waals surface area contributed by atoms with Crippen LogP contribution in [0.1, 0.15) is 0 Å². The zero-order chi connectivity index (χ0) is 15.8. The Morgan fingerprint density at radius 1 is 1.05 bits per heavy atom. The maximum Gasteiger partial charge on any atom is 0.267 e. The SMILES string of the molecule is Nc1ccc(NS(=O)(=O)c2c(F)cc(F)cc2F)cc1Br. The molecule has 2 aromatic carbocycles. The molecule has 0 spiro atoms.